The lowest BCUT2D eigenvalue weighted by Gasteiger charge is -2.34. The van der Waals surface area contributed by atoms with Crippen LogP contribution in [0.25, 0.3) is 5.69 Å². The summed E-state index contributed by atoms with van der Waals surface area (Å²) in [4.78, 5) is 15.8. The molecule has 0 radical (unpaired) electrons. The first-order chi connectivity index (χ1) is 10.1. The number of hydrogen-bond acceptors (Lipinski definition) is 4. The molecule has 1 amide bonds. The average molecular weight is 285 g/mol. The molecular weight excluding hydrogens is 266 g/mol. The minimum atomic E-state index is -0.0732. The SMILES string of the molecule is CC1CN(C(=O)c2cnn(-c3ccccc3)n2)CCC1N. The largest absolute Gasteiger partial charge is 0.337 e. The van der Waals surface area contributed by atoms with Crippen LogP contribution in [-0.4, -0.2) is 44.9 Å². The summed E-state index contributed by atoms with van der Waals surface area (Å²) < 4.78 is 0. The summed E-state index contributed by atoms with van der Waals surface area (Å²) >= 11 is 0. The molecule has 0 aliphatic carbocycles. The van der Waals surface area contributed by atoms with Gasteiger partial charge in [-0.3, -0.25) is 4.79 Å². The number of likely N-dealkylation sites (tertiary alicyclic amines) is 1. The third kappa shape index (κ3) is 2.80. The van der Waals surface area contributed by atoms with E-state index in [9.17, 15) is 4.79 Å². The highest BCUT2D eigenvalue weighted by atomic mass is 16.2. The molecule has 1 saturated heterocycles. The Balaban J connectivity index is 1.76. The van der Waals surface area contributed by atoms with Gasteiger partial charge in [0.05, 0.1) is 11.9 Å². The van der Waals surface area contributed by atoms with Crippen LogP contribution in [0.15, 0.2) is 36.5 Å². The van der Waals surface area contributed by atoms with Crippen LogP contribution in [0.1, 0.15) is 23.8 Å². The van der Waals surface area contributed by atoms with Crippen LogP contribution in [0.4, 0.5) is 0 Å². The maximum absolute atomic E-state index is 12.5. The van der Waals surface area contributed by atoms with Gasteiger partial charge in [0.15, 0.2) is 5.69 Å². The zero-order chi connectivity index (χ0) is 14.8. The second-order valence-electron chi connectivity index (χ2n) is 5.54. The van der Waals surface area contributed by atoms with E-state index in [1.807, 2.05) is 35.2 Å². The molecule has 2 heterocycles. The first-order valence-electron chi connectivity index (χ1n) is 7.18. The van der Waals surface area contributed by atoms with Crippen molar-refractivity contribution in [3.63, 3.8) is 0 Å². The van der Waals surface area contributed by atoms with Gasteiger partial charge in [-0.05, 0) is 24.5 Å². The van der Waals surface area contributed by atoms with Crippen molar-refractivity contribution in [1.82, 2.24) is 19.9 Å². The molecule has 110 valence electrons. The van der Waals surface area contributed by atoms with Crippen LogP contribution in [0, 0.1) is 5.92 Å². The average Bonchev–Trinajstić information content (AvgIpc) is 3.00. The third-order valence-corrected chi connectivity index (χ3v) is 3.96. The van der Waals surface area contributed by atoms with Crippen molar-refractivity contribution in [3.8, 4) is 5.69 Å². The number of amides is 1. The fourth-order valence-electron chi connectivity index (χ4n) is 2.56. The Bertz CT molecular complexity index is 624. The maximum Gasteiger partial charge on any atom is 0.276 e. The smallest absolute Gasteiger partial charge is 0.276 e. The summed E-state index contributed by atoms with van der Waals surface area (Å²) in [5.74, 6) is 0.239. The molecule has 2 N–H and O–H groups in total. The molecule has 1 aliphatic heterocycles. The quantitative estimate of drug-likeness (QED) is 0.895. The van der Waals surface area contributed by atoms with Crippen LogP contribution in [0.3, 0.4) is 0 Å². The minimum absolute atomic E-state index is 0.0732. The maximum atomic E-state index is 12.5. The lowest BCUT2D eigenvalue weighted by atomic mass is 9.95. The highest BCUT2D eigenvalue weighted by Gasteiger charge is 2.28. The fraction of sp³-hybridized carbons (Fsp3) is 0.400. The summed E-state index contributed by atoms with van der Waals surface area (Å²) in [6.07, 6.45) is 2.36. The Morgan fingerprint density at radius 3 is 2.81 bits per heavy atom. The summed E-state index contributed by atoms with van der Waals surface area (Å²) in [6, 6.07) is 9.72. The first-order valence-corrected chi connectivity index (χ1v) is 7.18. The predicted octanol–water partition coefficient (Wildman–Crippen LogP) is 1.08. The Morgan fingerprint density at radius 2 is 2.10 bits per heavy atom. The van der Waals surface area contributed by atoms with Gasteiger partial charge in [0.25, 0.3) is 5.91 Å². The van der Waals surface area contributed by atoms with E-state index in [0.29, 0.717) is 24.7 Å². The fourth-order valence-corrected chi connectivity index (χ4v) is 2.56. The van der Waals surface area contributed by atoms with Gasteiger partial charge >= 0.3 is 0 Å². The normalized spacial score (nSPS) is 22.3. The van der Waals surface area contributed by atoms with Gasteiger partial charge in [-0.25, -0.2) is 0 Å². The Kier molecular flexibility index (Phi) is 3.70. The first kappa shape index (κ1) is 13.8. The molecule has 1 aromatic heterocycles. The van der Waals surface area contributed by atoms with Crippen molar-refractivity contribution in [2.75, 3.05) is 13.1 Å². The predicted molar refractivity (Wildman–Crippen MR) is 79.0 cm³/mol. The van der Waals surface area contributed by atoms with E-state index in [0.717, 1.165) is 12.1 Å². The molecule has 0 spiro atoms. The zero-order valence-corrected chi connectivity index (χ0v) is 12.0. The van der Waals surface area contributed by atoms with Gasteiger partial charge in [0.2, 0.25) is 0 Å². The van der Waals surface area contributed by atoms with E-state index in [4.69, 9.17) is 5.73 Å². The van der Waals surface area contributed by atoms with E-state index in [2.05, 4.69) is 17.1 Å². The van der Waals surface area contributed by atoms with E-state index in [1.54, 1.807) is 0 Å². The number of para-hydroxylation sites is 1. The number of nitrogens with two attached hydrogens (primary N) is 1. The van der Waals surface area contributed by atoms with Gasteiger partial charge in [-0.2, -0.15) is 9.90 Å². The van der Waals surface area contributed by atoms with Gasteiger partial charge in [0.1, 0.15) is 0 Å². The lowest BCUT2D eigenvalue weighted by molar-refractivity contribution is 0.0657. The topological polar surface area (TPSA) is 77.0 Å². The summed E-state index contributed by atoms with van der Waals surface area (Å²) in [5, 5.41) is 8.45. The number of nitrogens with zero attached hydrogens (tertiary/aromatic N) is 4. The standard InChI is InChI=1S/C15H19N5O/c1-11-10-19(8-7-13(11)16)15(21)14-9-17-20(18-14)12-5-3-2-4-6-12/h2-6,9,11,13H,7-8,10,16H2,1H3. The Hall–Kier alpha value is -2.21. The number of rotatable bonds is 2. The number of carbonyl (C=O) groups excluding carboxylic acids is 1. The molecule has 1 aromatic carbocycles. The van der Waals surface area contributed by atoms with Crippen molar-refractivity contribution in [2.24, 2.45) is 11.7 Å². The highest BCUT2D eigenvalue weighted by molar-refractivity contribution is 5.92. The van der Waals surface area contributed by atoms with Gasteiger partial charge in [-0.1, -0.05) is 25.1 Å². The summed E-state index contributed by atoms with van der Waals surface area (Å²) in [6.45, 7) is 3.44. The third-order valence-electron chi connectivity index (χ3n) is 3.96. The molecule has 2 unspecified atom stereocenters. The molecule has 0 saturated carbocycles. The van der Waals surface area contributed by atoms with Crippen molar-refractivity contribution in [3.05, 3.63) is 42.2 Å². The molecule has 6 nitrogen and oxygen atoms in total. The number of aromatic nitrogens is 3. The molecule has 1 aliphatic rings. The number of carbonyl (C=O) groups is 1. The Labute approximate surface area is 123 Å². The number of piperidine rings is 1. The van der Waals surface area contributed by atoms with E-state index < -0.39 is 0 Å². The lowest BCUT2D eigenvalue weighted by Crippen LogP contribution is -2.48. The molecule has 6 heteroatoms. The number of hydrogen-bond donors (Lipinski definition) is 1. The Morgan fingerprint density at radius 1 is 1.33 bits per heavy atom. The van der Waals surface area contributed by atoms with Crippen molar-refractivity contribution < 1.29 is 4.79 Å². The van der Waals surface area contributed by atoms with Crippen molar-refractivity contribution in [1.29, 1.82) is 0 Å². The van der Waals surface area contributed by atoms with Crippen LogP contribution in [0.5, 0.6) is 0 Å². The molecule has 3 rings (SSSR count). The van der Waals surface area contributed by atoms with Crippen LogP contribution >= 0.6 is 0 Å². The van der Waals surface area contributed by atoms with E-state index in [1.165, 1.54) is 11.0 Å². The molecule has 2 atom stereocenters. The van der Waals surface area contributed by atoms with Crippen LogP contribution in [-0.2, 0) is 0 Å². The molecule has 1 fully saturated rings. The van der Waals surface area contributed by atoms with Gasteiger partial charge < -0.3 is 10.6 Å². The molecular formula is C15H19N5O. The van der Waals surface area contributed by atoms with E-state index >= 15 is 0 Å². The monoisotopic (exact) mass is 285 g/mol. The van der Waals surface area contributed by atoms with Crippen LogP contribution < -0.4 is 5.73 Å². The second-order valence-corrected chi connectivity index (χ2v) is 5.54. The van der Waals surface area contributed by atoms with Gasteiger partial charge in [0, 0.05) is 19.1 Å². The molecule has 21 heavy (non-hydrogen) atoms. The molecule has 0 bridgehead atoms. The van der Waals surface area contributed by atoms with Crippen LogP contribution in [0.2, 0.25) is 0 Å². The summed E-state index contributed by atoms with van der Waals surface area (Å²) in [7, 11) is 0. The second kappa shape index (κ2) is 5.65. The minimum Gasteiger partial charge on any atom is -0.337 e. The van der Waals surface area contributed by atoms with E-state index in [-0.39, 0.29) is 11.9 Å². The summed E-state index contributed by atoms with van der Waals surface area (Å²) in [5.41, 5.74) is 7.20. The van der Waals surface area contributed by atoms with Crippen molar-refractivity contribution in [2.45, 2.75) is 19.4 Å². The zero-order valence-electron chi connectivity index (χ0n) is 12.0. The van der Waals surface area contributed by atoms with Crippen molar-refractivity contribution >= 4 is 5.91 Å². The van der Waals surface area contributed by atoms with Gasteiger partial charge in [-0.15, -0.1) is 5.10 Å². The highest BCUT2D eigenvalue weighted by Crippen LogP contribution is 2.17. The molecule has 2 aromatic rings. The number of benzene rings is 1.